The molecule has 1 aliphatic rings. The Morgan fingerprint density at radius 3 is 2.68 bits per heavy atom. The Morgan fingerprint density at radius 1 is 1.37 bits per heavy atom. The lowest BCUT2D eigenvalue weighted by molar-refractivity contribution is -0.136. The summed E-state index contributed by atoms with van der Waals surface area (Å²) in [6.07, 6.45) is 0.686. The van der Waals surface area contributed by atoms with Gasteiger partial charge in [0, 0.05) is 22.3 Å². The van der Waals surface area contributed by atoms with Crippen molar-refractivity contribution in [2.45, 2.75) is 26.2 Å². The van der Waals surface area contributed by atoms with Gasteiger partial charge in [0.2, 0.25) is 0 Å². The number of ether oxygens (including phenoxy) is 1. The second-order valence-corrected chi connectivity index (χ2v) is 5.02. The molecular weight excluding hydrogens is 262 g/mol. The molecule has 0 radical (unpaired) electrons. The zero-order chi connectivity index (χ0) is 14.0. The van der Waals surface area contributed by atoms with Gasteiger partial charge >= 0.3 is 5.97 Å². The third-order valence-corrected chi connectivity index (χ3v) is 3.63. The highest BCUT2D eigenvalue weighted by Gasteiger charge is 2.30. The number of esters is 1. The van der Waals surface area contributed by atoms with Gasteiger partial charge in [-0.3, -0.25) is 4.99 Å². The molecule has 0 fully saturated rings. The molecule has 3 nitrogen and oxygen atoms in total. The van der Waals surface area contributed by atoms with Crippen LogP contribution in [0.2, 0.25) is 5.02 Å². The molecule has 100 valence electrons. The minimum Gasteiger partial charge on any atom is -0.466 e. The van der Waals surface area contributed by atoms with E-state index in [0.29, 0.717) is 22.7 Å². The van der Waals surface area contributed by atoms with E-state index in [-0.39, 0.29) is 11.9 Å². The van der Waals surface area contributed by atoms with Gasteiger partial charge in [0.1, 0.15) is 0 Å². The van der Waals surface area contributed by atoms with Crippen LogP contribution in [-0.2, 0) is 9.53 Å². The van der Waals surface area contributed by atoms with Crippen molar-refractivity contribution in [2.24, 2.45) is 4.99 Å². The molecule has 0 bridgehead atoms. The molecule has 19 heavy (non-hydrogen) atoms. The summed E-state index contributed by atoms with van der Waals surface area (Å²) in [6.45, 7) is 3.79. The quantitative estimate of drug-likeness (QED) is 0.773. The van der Waals surface area contributed by atoms with Crippen molar-refractivity contribution in [1.29, 1.82) is 0 Å². The summed E-state index contributed by atoms with van der Waals surface area (Å²) in [5.41, 5.74) is 3.25. The van der Waals surface area contributed by atoms with Gasteiger partial charge < -0.3 is 4.74 Å². The Hall–Kier alpha value is -1.61. The molecule has 0 amide bonds. The molecule has 2 rings (SSSR count). The summed E-state index contributed by atoms with van der Waals surface area (Å²) >= 11 is 6.25. The van der Waals surface area contributed by atoms with E-state index >= 15 is 0 Å². The smallest absolute Gasteiger partial charge is 0.336 e. The van der Waals surface area contributed by atoms with Gasteiger partial charge in [-0.25, -0.2) is 4.79 Å². The van der Waals surface area contributed by atoms with Gasteiger partial charge in [-0.1, -0.05) is 29.8 Å². The Morgan fingerprint density at radius 2 is 2.05 bits per heavy atom. The van der Waals surface area contributed by atoms with Crippen LogP contribution in [0.4, 0.5) is 0 Å². The van der Waals surface area contributed by atoms with Gasteiger partial charge in [0.25, 0.3) is 0 Å². The van der Waals surface area contributed by atoms with Crippen LogP contribution in [0.5, 0.6) is 0 Å². The van der Waals surface area contributed by atoms with Crippen molar-refractivity contribution < 1.29 is 9.53 Å². The first-order valence-corrected chi connectivity index (χ1v) is 6.50. The fraction of sp³-hybridized carbons (Fsp3) is 0.333. The lowest BCUT2D eigenvalue weighted by atomic mass is 9.84. The molecule has 1 aliphatic heterocycles. The number of methoxy groups -OCH3 is 1. The fourth-order valence-electron chi connectivity index (χ4n) is 2.46. The molecule has 0 aliphatic carbocycles. The number of rotatable bonds is 2. The highest BCUT2D eigenvalue weighted by molar-refractivity contribution is 6.31. The van der Waals surface area contributed by atoms with E-state index in [2.05, 4.69) is 4.99 Å². The topological polar surface area (TPSA) is 38.7 Å². The average molecular weight is 278 g/mol. The monoisotopic (exact) mass is 277 g/mol. The van der Waals surface area contributed by atoms with E-state index in [4.69, 9.17) is 16.3 Å². The Balaban J connectivity index is 2.53. The van der Waals surface area contributed by atoms with Crippen LogP contribution in [0.15, 0.2) is 40.5 Å². The number of carbonyl (C=O) groups is 1. The second-order valence-electron chi connectivity index (χ2n) is 4.62. The molecule has 0 spiro atoms. The molecule has 1 aromatic rings. The largest absolute Gasteiger partial charge is 0.466 e. The Kier molecular flexibility index (Phi) is 4.05. The normalized spacial score (nSPS) is 19.2. The van der Waals surface area contributed by atoms with Crippen LogP contribution >= 0.6 is 11.6 Å². The van der Waals surface area contributed by atoms with Gasteiger partial charge in [0.05, 0.1) is 12.7 Å². The van der Waals surface area contributed by atoms with Gasteiger partial charge in [-0.15, -0.1) is 0 Å². The molecule has 0 N–H and O–H groups in total. The molecule has 0 aromatic heterocycles. The van der Waals surface area contributed by atoms with Gasteiger partial charge in [0.15, 0.2) is 0 Å². The number of nitrogens with zero attached hydrogens (tertiary/aromatic N) is 1. The molecular formula is C15H16ClNO2. The maximum Gasteiger partial charge on any atom is 0.336 e. The minimum absolute atomic E-state index is 0.0846. The first kappa shape index (κ1) is 13.8. The summed E-state index contributed by atoms with van der Waals surface area (Å²) in [6, 6.07) is 7.58. The SMILES string of the molecule is COC(=O)C1=C(C)N=C(C)CC1c1ccccc1Cl. The van der Waals surface area contributed by atoms with E-state index < -0.39 is 0 Å². The maximum atomic E-state index is 12.0. The van der Waals surface area contributed by atoms with Crippen molar-refractivity contribution in [3.63, 3.8) is 0 Å². The first-order valence-electron chi connectivity index (χ1n) is 6.12. The van der Waals surface area contributed by atoms with Gasteiger partial charge in [-0.05, 0) is 31.9 Å². The highest BCUT2D eigenvalue weighted by atomic mass is 35.5. The molecule has 1 aromatic carbocycles. The number of allylic oxidation sites excluding steroid dienone is 1. The second kappa shape index (κ2) is 5.57. The van der Waals surface area contributed by atoms with Crippen molar-refractivity contribution in [3.8, 4) is 0 Å². The summed E-state index contributed by atoms with van der Waals surface area (Å²) in [5, 5.41) is 0.663. The Labute approximate surface area is 117 Å². The predicted molar refractivity (Wildman–Crippen MR) is 76.6 cm³/mol. The number of benzene rings is 1. The summed E-state index contributed by atoms with van der Waals surface area (Å²) in [4.78, 5) is 16.4. The number of aliphatic imine (C=N–C) groups is 1. The molecule has 4 heteroatoms. The summed E-state index contributed by atoms with van der Waals surface area (Å²) in [5.74, 6) is -0.419. The highest BCUT2D eigenvalue weighted by Crippen LogP contribution is 2.38. The Bertz CT molecular complexity index is 575. The molecule has 0 saturated carbocycles. The minimum atomic E-state index is -0.335. The molecule has 1 heterocycles. The third kappa shape index (κ3) is 2.71. The standard InChI is InChI=1S/C15H16ClNO2/c1-9-8-12(11-6-4-5-7-13(11)16)14(10(2)17-9)15(18)19-3/h4-7,12H,8H2,1-3H3. The van der Waals surface area contributed by atoms with E-state index in [1.165, 1.54) is 7.11 Å². The first-order chi connectivity index (χ1) is 9.04. The molecule has 1 atom stereocenters. The zero-order valence-electron chi connectivity index (χ0n) is 11.2. The van der Waals surface area contributed by atoms with E-state index in [1.54, 1.807) is 0 Å². The number of hydrogen-bond donors (Lipinski definition) is 0. The summed E-state index contributed by atoms with van der Waals surface area (Å²) < 4.78 is 4.88. The van der Waals surface area contributed by atoms with E-state index in [1.807, 2.05) is 38.1 Å². The van der Waals surface area contributed by atoms with Crippen molar-refractivity contribution in [2.75, 3.05) is 7.11 Å². The predicted octanol–water partition coefficient (Wildman–Crippen LogP) is 3.74. The van der Waals surface area contributed by atoms with Crippen molar-refractivity contribution in [3.05, 3.63) is 46.1 Å². The van der Waals surface area contributed by atoms with Crippen LogP contribution in [0.1, 0.15) is 31.7 Å². The number of hydrogen-bond acceptors (Lipinski definition) is 3. The van der Waals surface area contributed by atoms with Crippen LogP contribution in [0, 0.1) is 0 Å². The zero-order valence-corrected chi connectivity index (χ0v) is 12.0. The third-order valence-electron chi connectivity index (χ3n) is 3.28. The van der Waals surface area contributed by atoms with Gasteiger partial charge in [-0.2, -0.15) is 0 Å². The van der Waals surface area contributed by atoms with Crippen LogP contribution < -0.4 is 0 Å². The fourth-order valence-corrected chi connectivity index (χ4v) is 2.73. The lowest BCUT2D eigenvalue weighted by Gasteiger charge is -2.25. The van der Waals surface area contributed by atoms with E-state index in [9.17, 15) is 4.79 Å². The van der Waals surface area contributed by atoms with Crippen LogP contribution in [0.3, 0.4) is 0 Å². The van der Waals surface area contributed by atoms with E-state index in [0.717, 1.165) is 11.3 Å². The van der Waals surface area contributed by atoms with Crippen LogP contribution in [-0.4, -0.2) is 18.8 Å². The molecule has 0 saturated heterocycles. The van der Waals surface area contributed by atoms with Crippen LogP contribution in [0.25, 0.3) is 0 Å². The summed E-state index contributed by atoms with van der Waals surface area (Å²) in [7, 11) is 1.39. The van der Waals surface area contributed by atoms with Crippen molar-refractivity contribution in [1.82, 2.24) is 0 Å². The maximum absolute atomic E-state index is 12.0. The lowest BCUT2D eigenvalue weighted by Crippen LogP contribution is -2.21. The number of halogens is 1. The number of carbonyl (C=O) groups excluding carboxylic acids is 1. The van der Waals surface area contributed by atoms with Crippen molar-refractivity contribution >= 4 is 23.3 Å². The average Bonchev–Trinajstić information content (AvgIpc) is 2.37. The molecule has 1 unspecified atom stereocenters.